The van der Waals surface area contributed by atoms with Gasteiger partial charge in [0.15, 0.2) is 0 Å². The molecule has 0 saturated carbocycles. The minimum absolute atomic E-state index is 0.0788. The number of carbonyl (C=O) groups excluding carboxylic acids is 2. The Labute approximate surface area is 91.0 Å². The summed E-state index contributed by atoms with van der Waals surface area (Å²) < 4.78 is 0. The molecular weight excluding hydrogens is 194 g/mol. The number of nitrogens with one attached hydrogen (secondary N) is 1. The minimum atomic E-state index is -0.836. The smallest absolute Gasteiger partial charge is 0.242 e. The first-order chi connectivity index (χ1) is 6.85. The van der Waals surface area contributed by atoms with E-state index in [1.165, 1.54) is 4.90 Å². The van der Waals surface area contributed by atoms with Crippen molar-refractivity contribution in [2.45, 2.75) is 32.2 Å². The van der Waals surface area contributed by atoms with Crippen LogP contribution in [0, 0.1) is 0 Å². The Balaban J connectivity index is 4.16. The van der Waals surface area contributed by atoms with E-state index in [4.69, 9.17) is 5.73 Å². The number of hydrogen-bond donors (Lipinski definition) is 2. The summed E-state index contributed by atoms with van der Waals surface area (Å²) >= 11 is 0. The quantitative estimate of drug-likeness (QED) is 0.661. The van der Waals surface area contributed by atoms with Crippen molar-refractivity contribution < 1.29 is 9.59 Å². The molecule has 5 nitrogen and oxygen atoms in total. The zero-order valence-electron chi connectivity index (χ0n) is 9.96. The van der Waals surface area contributed by atoms with Crippen LogP contribution in [0.4, 0.5) is 0 Å². The first-order valence-electron chi connectivity index (χ1n) is 5.10. The van der Waals surface area contributed by atoms with Gasteiger partial charge in [0.25, 0.3) is 0 Å². The maximum absolute atomic E-state index is 11.8. The van der Waals surface area contributed by atoms with E-state index in [1.54, 1.807) is 21.0 Å². The summed E-state index contributed by atoms with van der Waals surface area (Å²) in [5, 5.41) is 2.50. The maximum atomic E-state index is 11.8. The fraction of sp³-hybridized carbons (Fsp3) is 0.800. The molecule has 5 heteroatoms. The lowest BCUT2D eigenvalue weighted by Gasteiger charge is -2.27. The highest BCUT2D eigenvalue weighted by Gasteiger charge is 2.28. The molecule has 0 rings (SSSR count). The molecule has 1 unspecified atom stereocenters. The van der Waals surface area contributed by atoms with Gasteiger partial charge >= 0.3 is 0 Å². The molecule has 0 aromatic heterocycles. The zero-order valence-corrected chi connectivity index (χ0v) is 9.96. The zero-order chi connectivity index (χ0) is 12.1. The molecular formula is C10H21N3O2. The number of rotatable bonds is 5. The number of carbonyl (C=O) groups is 2. The summed E-state index contributed by atoms with van der Waals surface area (Å²) in [5.74, 6) is -0.209. The number of likely N-dealkylation sites (N-methyl/N-ethyl adjacent to an activating group) is 1. The van der Waals surface area contributed by atoms with Gasteiger partial charge in [0.05, 0.1) is 5.54 Å². The van der Waals surface area contributed by atoms with Gasteiger partial charge in [-0.15, -0.1) is 0 Å². The fourth-order valence-corrected chi connectivity index (χ4v) is 1.08. The molecule has 3 N–H and O–H groups in total. The van der Waals surface area contributed by atoms with E-state index in [9.17, 15) is 9.59 Å². The predicted octanol–water partition coefficient (Wildman–Crippen LogP) is -0.292. The fourth-order valence-electron chi connectivity index (χ4n) is 1.08. The van der Waals surface area contributed by atoms with Crippen LogP contribution in [0.2, 0.25) is 0 Å². The molecule has 0 heterocycles. The molecule has 15 heavy (non-hydrogen) atoms. The van der Waals surface area contributed by atoms with Crippen LogP contribution in [0.15, 0.2) is 0 Å². The van der Waals surface area contributed by atoms with Gasteiger partial charge in [0.2, 0.25) is 11.8 Å². The molecule has 0 spiro atoms. The van der Waals surface area contributed by atoms with E-state index in [1.807, 2.05) is 6.92 Å². The average molecular weight is 215 g/mol. The summed E-state index contributed by atoms with van der Waals surface area (Å²) in [5.41, 5.74) is 4.97. The molecule has 0 aromatic rings. The normalized spacial score (nSPS) is 14.2. The second-order valence-corrected chi connectivity index (χ2v) is 3.92. The molecule has 0 radical (unpaired) electrons. The van der Waals surface area contributed by atoms with Gasteiger partial charge < -0.3 is 16.0 Å². The number of hydrogen-bond acceptors (Lipinski definition) is 3. The monoisotopic (exact) mass is 215 g/mol. The maximum Gasteiger partial charge on any atom is 0.242 e. The van der Waals surface area contributed by atoms with Crippen molar-refractivity contribution in [2.24, 2.45) is 5.73 Å². The highest BCUT2D eigenvalue weighted by atomic mass is 16.2. The van der Waals surface area contributed by atoms with Crippen molar-refractivity contribution in [1.29, 1.82) is 0 Å². The lowest BCUT2D eigenvalue weighted by atomic mass is 9.99. The first-order valence-corrected chi connectivity index (χ1v) is 5.10. The second kappa shape index (κ2) is 5.70. The standard InChI is InChI=1S/C10H21N3O2/c1-5-10(2,11)9(15)13(4)7-6-8(14)12-3/h5-7,11H2,1-4H3,(H,12,14). The van der Waals surface area contributed by atoms with Crippen LogP contribution >= 0.6 is 0 Å². The van der Waals surface area contributed by atoms with Crippen LogP contribution < -0.4 is 11.1 Å². The topological polar surface area (TPSA) is 75.4 Å². The van der Waals surface area contributed by atoms with Gasteiger partial charge in [-0.2, -0.15) is 0 Å². The highest BCUT2D eigenvalue weighted by Crippen LogP contribution is 2.08. The van der Waals surface area contributed by atoms with Crippen molar-refractivity contribution in [3.63, 3.8) is 0 Å². The van der Waals surface area contributed by atoms with Crippen molar-refractivity contribution in [2.75, 3.05) is 20.6 Å². The summed E-state index contributed by atoms with van der Waals surface area (Å²) in [4.78, 5) is 24.2. The van der Waals surface area contributed by atoms with E-state index < -0.39 is 5.54 Å². The SMILES string of the molecule is CCC(C)(N)C(=O)N(C)CCC(=O)NC. The van der Waals surface area contributed by atoms with Gasteiger partial charge in [-0.05, 0) is 13.3 Å². The molecule has 0 aliphatic rings. The summed E-state index contributed by atoms with van der Waals surface area (Å²) in [6.45, 7) is 3.96. The van der Waals surface area contributed by atoms with Gasteiger partial charge in [0.1, 0.15) is 0 Å². The van der Waals surface area contributed by atoms with Crippen LogP contribution in [-0.4, -0.2) is 42.9 Å². The van der Waals surface area contributed by atoms with Crippen molar-refractivity contribution in [1.82, 2.24) is 10.2 Å². The minimum Gasteiger partial charge on any atom is -0.359 e. The third kappa shape index (κ3) is 4.29. The predicted molar refractivity (Wildman–Crippen MR) is 59.2 cm³/mol. The van der Waals surface area contributed by atoms with E-state index in [0.29, 0.717) is 19.4 Å². The van der Waals surface area contributed by atoms with E-state index >= 15 is 0 Å². The molecule has 0 aliphatic heterocycles. The van der Waals surface area contributed by atoms with Crippen LogP contribution in [0.1, 0.15) is 26.7 Å². The molecule has 0 aliphatic carbocycles. The Hall–Kier alpha value is -1.10. The molecule has 88 valence electrons. The van der Waals surface area contributed by atoms with Gasteiger partial charge in [0, 0.05) is 27.1 Å². The Morgan fingerprint density at radius 3 is 2.40 bits per heavy atom. The van der Waals surface area contributed by atoms with Crippen molar-refractivity contribution in [3.8, 4) is 0 Å². The largest absolute Gasteiger partial charge is 0.359 e. The van der Waals surface area contributed by atoms with Gasteiger partial charge in [-0.3, -0.25) is 9.59 Å². The van der Waals surface area contributed by atoms with Crippen LogP contribution in [0.3, 0.4) is 0 Å². The van der Waals surface area contributed by atoms with Gasteiger partial charge in [-0.1, -0.05) is 6.92 Å². The third-order valence-electron chi connectivity index (χ3n) is 2.52. The number of nitrogens with two attached hydrogens (primary N) is 1. The Kier molecular flexibility index (Phi) is 5.28. The van der Waals surface area contributed by atoms with Crippen molar-refractivity contribution in [3.05, 3.63) is 0 Å². The number of nitrogens with zero attached hydrogens (tertiary/aromatic N) is 1. The molecule has 2 amide bonds. The molecule has 0 fully saturated rings. The van der Waals surface area contributed by atoms with Gasteiger partial charge in [-0.25, -0.2) is 0 Å². The number of amides is 2. The average Bonchev–Trinajstić information content (AvgIpc) is 2.23. The van der Waals surface area contributed by atoms with Crippen LogP contribution in [0.25, 0.3) is 0 Å². The second-order valence-electron chi connectivity index (χ2n) is 3.92. The van der Waals surface area contributed by atoms with Crippen molar-refractivity contribution >= 4 is 11.8 Å². The molecule has 0 aromatic carbocycles. The Bertz CT molecular complexity index is 239. The highest BCUT2D eigenvalue weighted by molar-refractivity contribution is 5.86. The molecule has 1 atom stereocenters. The van der Waals surface area contributed by atoms with E-state index in [-0.39, 0.29) is 11.8 Å². The van der Waals surface area contributed by atoms with Crippen LogP contribution in [0.5, 0.6) is 0 Å². The third-order valence-corrected chi connectivity index (χ3v) is 2.52. The Morgan fingerprint density at radius 1 is 1.47 bits per heavy atom. The molecule has 0 bridgehead atoms. The summed E-state index contributed by atoms with van der Waals surface area (Å²) in [7, 11) is 3.23. The lowest BCUT2D eigenvalue weighted by molar-refractivity contribution is -0.135. The summed E-state index contributed by atoms with van der Waals surface area (Å²) in [6, 6.07) is 0. The van der Waals surface area contributed by atoms with Crippen LogP contribution in [-0.2, 0) is 9.59 Å². The van der Waals surface area contributed by atoms with E-state index in [0.717, 1.165) is 0 Å². The lowest BCUT2D eigenvalue weighted by Crippen LogP contribution is -2.52. The Morgan fingerprint density at radius 2 is 2.00 bits per heavy atom. The first kappa shape index (κ1) is 13.9. The van der Waals surface area contributed by atoms with E-state index in [2.05, 4.69) is 5.32 Å². The molecule has 0 saturated heterocycles. The summed E-state index contributed by atoms with van der Waals surface area (Å²) in [6.07, 6.45) is 0.884.